The number of H-pyrrole nitrogens is 1. The molecule has 1 aromatic heterocycles. The van der Waals surface area contributed by atoms with Crippen molar-refractivity contribution in [1.29, 1.82) is 0 Å². The zero-order valence-corrected chi connectivity index (χ0v) is 15.0. The lowest BCUT2D eigenvalue weighted by atomic mass is 10.0. The van der Waals surface area contributed by atoms with E-state index in [2.05, 4.69) is 10.2 Å². The molecule has 1 atom stereocenters. The number of amides is 1. The number of hydrogen-bond acceptors (Lipinski definition) is 3. The second-order valence-electron chi connectivity index (χ2n) is 6.58. The Morgan fingerprint density at radius 1 is 1.30 bits per heavy atom. The van der Waals surface area contributed by atoms with Crippen LogP contribution in [0.25, 0.3) is 11.1 Å². The molecule has 1 aliphatic rings. The summed E-state index contributed by atoms with van der Waals surface area (Å²) in [5.41, 5.74) is 2.85. The second kappa shape index (κ2) is 7.23. The molecular formula is C21H20FN3O2. The molecule has 1 N–H and O–H groups in total. The van der Waals surface area contributed by atoms with Crippen molar-refractivity contribution in [2.75, 3.05) is 13.7 Å². The Hall–Kier alpha value is -3.15. The third kappa shape index (κ3) is 3.18. The Balaban J connectivity index is 1.65. The van der Waals surface area contributed by atoms with Gasteiger partial charge in [-0.25, -0.2) is 4.39 Å². The van der Waals surface area contributed by atoms with Gasteiger partial charge in [-0.05, 0) is 37.1 Å². The minimum atomic E-state index is -0.268. The molecule has 1 aliphatic heterocycles. The van der Waals surface area contributed by atoms with Crippen LogP contribution >= 0.6 is 0 Å². The maximum Gasteiger partial charge on any atom is 0.254 e. The first kappa shape index (κ1) is 17.3. The van der Waals surface area contributed by atoms with Gasteiger partial charge in [0.1, 0.15) is 11.6 Å². The molecule has 2 aromatic carbocycles. The molecule has 0 aliphatic carbocycles. The van der Waals surface area contributed by atoms with E-state index in [-0.39, 0.29) is 17.8 Å². The molecule has 0 spiro atoms. The van der Waals surface area contributed by atoms with Crippen LogP contribution in [0.4, 0.5) is 4.39 Å². The number of benzene rings is 2. The summed E-state index contributed by atoms with van der Waals surface area (Å²) in [5.74, 6) is 0.219. The Labute approximate surface area is 156 Å². The molecular weight excluding hydrogens is 345 g/mol. The predicted octanol–water partition coefficient (Wildman–Crippen LogP) is 4.20. The van der Waals surface area contributed by atoms with E-state index in [4.69, 9.17) is 4.74 Å². The van der Waals surface area contributed by atoms with Gasteiger partial charge in [0.15, 0.2) is 0 Å². The topological polar surface area (TPSA) is 58.2 Å². The number of nitrogens with one attached hydrogen (secondary N) is 1. The summed E-state index contributed by atoms with van der Waals surface area (Å²) in [4.78, 5) is 14.9. The fourth-order valence-corrected chi connectivity index (χ4v) is 3.71. The number of carbonyl (C=O) groups excluding carboxylic acids is 1. The molecule has 1 fully saturated rings. The molecule has 0 bridgehead atoms. The Kier molecular flexibility index (Phi) is 4.62. The molecule has 27 heavy (non-hydrogen) atoms. The van der Waals surface area contributed by atoms with E-state index in [0.29, 0.717) is 23.4 Å². The van der Waals surface area contributed by atoms with Crippen molar-refractivity contribution in [1.82, 2.24) is 15.1 Å². The number of aromatic amines is 1. The summed E-state index contributed by atoms with van der Waals surface area (Å²) in [6.45, 7) is 0.615. The van der Waals surface area contributed by atoms with Gasteiger partial charge >= 0.3 is 0 Å². The number of ether oxygens (including phenoxy) is 1. The molecule has 6 heteroatoms. The molecule has 1 saturated heterocycles. The standard InChI is InChI=1S/C21H20FN3O2/c1-27-20-11-14(8-9-16(20)15-12-23-24-13-15)21(26)25-10-4-7-19(25)17-5-2-3-6-18(17)22/h2-3,5-6,8-9,11-13,19H,4,7,10H2,1H3,(H,23,24)/t19-/m1/s1. The van der Waals surface area contributed by atoms with Gasteiger partial charge in [-0.15, -0.1) is 0 Å². The zero-order valence-electron chi connectivity index (χ0n) is 15.0. The molecule has 0 unspecified atom stereocenters. The minimum absolute atomic E-state index is 0.113. The van der Waals surface area contributed by atoms with Gasteiger partial charge < -0.3 is 9.64 Å². The highest BCUT2D eigenvalue weighted by Crippen LogP contribution is 2.36. The van der Waals surface area contributed by atoms with Crippen molar-refractivity contribution in [2.45, 2.75) is 18.9 Å². The second-order valence-corrected chi connectivity index (χ2v) is 6.58. The smallest absolute Gasteiger partial charge is 0.254 e. The van der Waals surface area contributed by atoms with Gasteiger partial charge in [0.05, 0.1) is 19.3 Å². The lowest BCUT2D eigenvalue weighted by molar-refractivity contribution is 0.0733. The van der Waals surface area contributed by atoms with Gasteiger partial charge in [0.2, 0.25) is 0 Å². The number of halogens is 1. The number of nitrogens with zero attached hydrogens (tertiary/aromatic N) is 2. The number of likely N-dealkylation sites (tertiary alicyclic amines) is 1. The van der Waals surface area contributed by atoms with Crippen LogP contribution in [0.1, 0.15) is 34.8 Å². The van der Waals surface area contributed by atoms with Crippen LogP contribution in [-0.4, -0.2) is 34.7 Å². The fourth-order valence-electron chi connectivity index (χ4n) is 3.71. The fraction of sp³-hybridized carbons (Fsp3) is 0.238. The van der Waals surface area contributed by atoms with Crippen molar-refractivity contribution in [3.05, 3.63) is 71.8 Å². The van der Waals surface area contributed by atoms with Gasteiger partial charge in [0, 0.05) is 35.0 Å². The molecule has 2 heterocycles. The highest BCUT2D eigenvalue weighted by Gasteiger charge is 2.32. The number of carbonyl (C=O) groups is 1. The number of methoxy groups -OCH3 is 1. The van der Waals surface area contributed by atoms with E-state index in [9.17, 15) is 9.18 Å². The summed E-state index contributed by atoms with van der Waals surface area (Å²) in [5, 5.41) is 6.73. The molecule has 5 nitrogen and oxygen atoms in total. The number of rotatable bonds is 4. The molecule has 0 saturated carbocycles. The van der Waals surface area contributed by atoms with Crippen molar-refractivity contribution >= 4 is 5.91 Å². The third-order valence-electron chi connectivity index (χ3n) is 5.04. The lowest BCUT2D eigenvalue weighted by Gasteiger charge is -2.26. The Morgan fingerprint density at radius 2 is 2.15 bits per heavy atom. The van der Waals surface area contributed by atoms with E-state index in [1.165, 1.54) is 6.07 Å². The lowest BCUT2D eigenvalue weighted by Crippen LogP contribution is -2.31. The van der Waals surface area contributed by atoms with Crippen molar-refractivity contribution in [2.24, 2.45) is 0 Å². The summed E-state index contributed by atoms with van der Waals surface area (Å²) >= 11 is 0. The average molecular weight is 365 g/mol. The predicted molar refractivity (Wildman–Crippen MR) is 100.0 cm³/mol. The molecule has 138 valence electrons. The van der Waals surface area contributed by atoms with Gasteiger partial charge in [-0.1, -0.05) is 18.2 Å². The van der Waals surface area contributed by atoms with Crippen LogP contribution in [0.5, 0.6) is 5.75 Å². The van der Waals surface area contributed by atoms with Crippen molar-refractivity contribution < 1.29 is 13.9 Å². The minimum Gasteiger partial charge on any atom is -0.496 e. The first-order valence-corrected chi connectivity index (χ1v) is 8.91. The zero-order chi connectivity index (χ0) is 18.8. The van der Waals surface area contributed by atoms with Crippen LogP contribution in [0.15, 0.2) is 54.9 Å². The normalized spacial score (nSPS) is 16.5. The molecule has 1 amide bonds. The number of hydrogen-bond donors (Lipinski definition) is 1. The van der Waals surface area contributed by atoms with Crippen LogP contribution in [0, 0.1) is 5.82 Å². The summed E-state index contributed by atoms with van der Waals surface area (Å²) in [6, 6.07) is 11.8. The Morgan fingerprint density at radius 3 is 2.89 bits per heavy atom. The summed E-state index contributed by atoms with van der Waals surface area (Å²) in [6.07, 6.45) is 5.09. The summed E-state index contributed by atoms with van der Waals surface area (Å²) < 4.78 is 19.7. The van der Waals surface area contributed by atoms with Gasteiger partial charge in [-0.3, -0.25) is 9.89 Å². The van der Waals surface area contributed by atoms with Gasteiger partial charge in [-0.2, -0.15) is 5.10 Å². The SMILES string of the molecule is COc1cc(C(=O)N2CCC[C@@H]2c2ccccc2F)ccc1-c1cn[nH]c1. The van der Waals surface area contributed by atoms with Crippen LogP contribution in [0.2, 0.25) is 0 Å². The quantitative estimate of drug-likeness (QED) is 0.754. The van der Waals surface area contributed by atoms with Gasteiger partial charge in [0.25, 0.3) is 5.91 Å². The third-order valence-corrected chi connectivity index (χ3v) is 5.04. The van der Waals surface area contributed by atoms with E-state index < -0.39 is 0 Å². The Bertz CT molecular complexity index is 956. The average Bonchev–Trinajstić information content (AvgIpc) is 3.39. The maximum atomic E-state index is 14.2. The largest absolute Gasteiger partial charge is 0.496 e. The van der Waals surface area contributed by atoms with E-state index in [1.54, 1.807) is 48.7 Å². The highest BCUT2D eigenvalue weighted by atomic mass is 19.1. The van der Waals surface area contributed by atoms with E-state index in [1.807, 2.05) is 12.1 Å². The van der Waals surface area contributed by atoms with Crippen molar-refractivity contribution in [3.63, 3.8) is 0 Å². The highest BCUT2D eigenvalue weighted by molar-refractivity contribution is 5.96. The van der Waals surface area contributed by atoms with Crippen LogP contribution < -0.4 is 4.74 Å². The number of aromatic nitrogens is 2. The summed E-state index contributed by atoms with van der Waals surface area (Å²) in [7, 11) is 1.57. The molecule has 0 radical (unpaired) electrons. The maximum absolute atomic E-state index is 14.2. The van der Waals surface area contributed by atoms with Crippen LogP contribution in [0.3, 0.4) is 0 Å². The first-order valence-electron chi connectivity index (χ1n) is 8.91. The van der Waals surface area contributed by atoms with E-state index in [0.717, 1.165) is 24.0 Å². The molecule has 3 aromatic rings. The molecule has 4 rings (SSSR count). The van der Waals surface area contributed by atoms with E-state index >= 15 is 0 Å². The van der Waals surface area contributed by atoms with Crippen molar-refractivity contribution in [3.8, 4) is 16.9 Å². The first-order chi connectivity index (χ1) is 13.2. The monoisotopic (exact) mass is 365 g/mol. The van der Waals surface area contributed by atoms with Crippen LogP contribution in [-0.2, 0) is 0 Å².